The molecule has 1 aromatic rings. The van der Waals surface area contributed by atoms with E-state index >= 15 is 0 Å². The summed E-state index contributed by atoms with van der Waals surface area (Å²) in [6.07, 6.45) is 4.77. The highest BCUT2D eigenvalue weighted by molar-refractivity contribution is 5.56. The van der Waals surface area contributed by atoms with Gasteiger partial charge in [-0.3, -0.25) is 4.98 Å². The van der Waals surface area contributed by atoms with E-state index in [-0.39, 0.29) is 6.61 Å². The largest absolute Gasteiger partial charge is 0.395 e. The molecule has 1 aliphatic heterocycles. The number of aliphatic hydroxyl groups excluding tert-OH is 1. The zero-order valence-corrected chi connectivity index (χ0v) is 6.90. The molecular weight excluding hydrogens is 152 g/mol. The van der Waals surface area contributed by atoms with E-state index in [0.717, 1.165) is 19.5 Å². The maximum Gasteiger partial charge on any atom is 0.0606 e. The molecule has 0 spiro atoms. The predicted molar refractivity (Wildman–Crippen MR) is 47.2 cm³/mol. The van der Waals surface area contributed by atoms with Crippen molar-refractivity contribution in [3.63, 3.8) is 0 Å². The van der Waals surface area contributed by atoms with Gasteiger partial charge in [-0.1, -0.05) is 0 Å². The molecule has 2 rings (SSSR count). The van der Waals surface area contributed by atoms with Gasteiger partial charge in [0.2, 0.25) is 0 Å². The minimum absolute atomic E-state index is 0.224. The minimum Gasteiger partial charge on any atom is -0.395 e. The molecule has 1 aromatic heterocycles. The number of pyridine rings is 1. The van der Waals surface area contributed by atoms with Crippen molar-refractivity contribution in [2.45, 2.75) is 6.42 Å². The second-order valence-electron chi connectivity index (χ2n) is 2.97. The summed E-state index contributed by atoms with van der Waals surface area (Å²) in [7, 11) is 0. The first-order chi connectivity index (χ1) is 5.92. The van der Waals surface area contributed by atoms with Crippen molar-refractivity contribution < 1.29 is 5.11 Å². The minimum atomic E-state index is 0.224. The molecule has 3 heteroatoms. The van der Waals surface area contributed by atoms with Gasteiger partial charge in [0, 0.05) is 31.2 Å². The predicted octanol–water partition coefficient (Wildman–Crippen LogP) is 0.436. The second kappa shape index (κ2) is 3.11. The van der Waals surface area contributed by atoms with Crippen molar-refractivity contribution in [2.24, 2.45) is 0 Å². The fourth-order valence-electron chi connectivity index (χ4n) is 1.65. The summed E-state index contributed by atoms with van der Waals surface area (Å²) >= 11 is 0. The Morgan fingerprint density at radius 3 is 3.33 bits per heavy atom. The van der Waals surface area contributed by atoms with Crippen LogP contribution in [0.25, 0.3) is 0 Å². The fraction of sp³-hybridized carbons (Fsp3) is 0.444. The van der Waals surface area contributed by atoms with Crippen molar-refractivity contribution in [1.29, 1.82) is 0 Å². The topological polar surface area (TPSA) is 36.4 Å². The zero-order chi connectivity index (χ0) is 8.39. The van der Waals surface area contributed by atoms with E-state index in [9.17, 15) is 0 Å². The van der Waals surface area contributed by atoms with Gasteiger partial charge in [-0.05, 0) is 18.1 Å². The maximum absolute atomic E-state index is 8.79. The van der Waals surface area contributed by atoms with E-state index in [2.05, 4.69) is 9.88 Å². The highest BCUT2D eigenvalue weighted by Crippen LogP contribution is 2.25. The molecule has 1 N–H and O–H groups in total. The molecule has 1 aliphatic rings. The molecule has 0 radical (unpaired) electrons. The van der Waals surface area contributed by atoms with E-state index in [1.54, 1.807) is 6.20 Å². The van der Waals surface area contributed by atoms with Crippen LogP contribution in [0.2, 0.25) is 0 Å². The van der Waals surface area contributed by atoms with Crippen molar-refractivity contribution >= 4 is 5.69 Å². The second-order valence-corrected chi connectivity index (χ2v) is 2.97. The first-order valence-electron chi connectivity index (χ1n) is 4.20. The molecule has 0 saturated heterocycles. The third-order valence-electron chi connectivity index (χ3n) is 2.24. The molecule has 0 unspecified atom stereocenters. The van der Waals surface area contributed by atoms with Gasteiger partial charge in [0.1, 0.15) is 0 Å². The number of aliphatic hydroxyl groups is 1. The third-order valence-corrected chi connectivity index (χ3v) is 2.24. The quantitative estimate of drug-likeness (QED) is 0.689. The molecule has 0 fully saturated rings. The lowest BCUT2D eigenvalue weighted by Crippen LogP contribution is -2.23. The van der Waals surface area contributed by atoms with Gasteiger partial charge in [0.05, 0.1) is 6.61 Å². The van der Waals surface area contributed by atoms with Gasteiger partial charge in [-0.15, -0.1) is 0 Å². The Bertz CT molecular complexity index is 273. The normalized spacial score (nSPS) is 14.9. The summed E-state index contributed by atoms with van der Waals surface area (Å²) in [6, 6.07) is 2.01. The number of β-amino-alcohol motifs (C(OH)–C–C–N with tert-alkyl or cyclic N) is 1. The van der Waals surface area contributed by atoms with E-state index in [0.29, 0.717) is 0 Å². The van der Waals surface area contributed by atoms with Crippen molar-refractivity contribution in [3.05, 3.63) is 24.0 Å². The van der Waals surface area contributed by atoms with Crippen LogP contribution in [-0.2, 0) is 6.42 Å². The van der Waals surface area contributed by atoms with Gasteiger partial charge in [0.15, 0.2) is 0 Å². The summed E-state index contributed by atoms with van der Waals surface area (Å²) in [6.45, 7) is 1.97. The van der Waals surface area contributed by atoms with Gasteiger partial charge < -0.3 is 10.0 Å². The summed E-state index contributed by atoms with van der Waals surface area (Å²) in [5.74, 6) is 0. The number of fused-ring (bicyclic) bond motifs is 1. The lowest BCUT2D eigenvalue weighted by molar-refractivity contribution is 0.303. The Morgan fingerprint density at radius 2 is 2.50 bits per heavy atom. The average molecular weight is 164 g/mol. The Hall–Kier alpha value is -1.09. The van der Waals surface area contributed by atoms with Crippen LogP contribution in [0.3, 0.4) is 0 Å². The third kappa shape index (κ3) is 1.16. The lowest BCUT2D eigenvalue weighted by Gasteiger charge is -2.16. The van der Waals surface area contributed by atoms with E-state index < -0.39 is 0 Å². The monoisotopic (exact) mass is 164 g/mol. The first-order valence-corrected chi connectivity index (χ1v) is 4.20. The van der Waals surface area contributed by atoms with E-state index in [1.165, 1.54) is 11.3 Å². The Labute approximate surface area is 71.7 Å². The van der Waals surface area contributed by atoms with E-state index in [1.807, 2.05) is 12.3 Å². The standard InChI is InChI=1S/C9H12N2O/c12-6-5-11-4-2-8-7-10-3-1-9(8)11/h1,3,7,12H,2,4-6H2. The summed E-state index contributed by atoms with van der Waals surface area (Å²) in [5, 5.41) is 8.79. The van der Waals surface area contributed by atoms with Crippen LogP contribution >= 0.6 is 0 Å². The number of aromatic nitrogens is 1. The van der Waals surface area contributed by atoms with Crippen LogP contribution in [-0.4, -0.2) is 29.8 Å². The number of hydrogen-bond acceptors (Lipinski definition) is 3. The number of nitrogens with zero attached hydrogens (tertiary/aromatic N) is 2. The lowest BCUT2D eigenvalue weighted by atomic mass is 10.2. The van der Waals surface area contributed by atoms with Gasteiger partial charge >= 0.3 is 0 Å². The molecule has 3 nitrogen and oxygen atoms in total. The van der Waals surface area contributed by atoms with Crippen molar-refractivity contribution in [1.82, 2.24) is 4.98 Å². The van der Waals surface area contributed by atoms with Crippen molar-refractivity contribution in [3.8, 4) is 0 Å². The number of hydrogen-bond donors (Lipinski definition) is 1. The smallest absolute Gasteiger partial charge is 0.0606 e. The highest BCUT2D eigenvalue weighted by atomic mass is 16.3. The summed E-state index contributed by atoms with van der Waals surface area (Å²) < 4.78 is 0. The molecule has 0 atom stereocenters. The SMILES string of the molecule is OCCN1CCc2cnccc21. The summed E-state index contributed by atoms with van der Waals surface area (Å²) in [4.78, 5) is 6.25. The van der Waals surface area contributed by atoms with E-state index in [4.69, 9.17) is 5.11 Å². The molecular formula is C9H12N2O. The van der Waals surface area contributed by atoms with Gasteiger partial charge in [-0.2, -0.15) is 0 Å². The first kappa shape index (κ1) is 7.55. The van der Waals surface area contributed by atoms with Crippen LogP contribution in [0, 0.1) is 0 Å². The maximum atomic E-state index is 8.79. The van der Waals surface area contributed by atoms with Crippen LogP contribution in [0.1, 0.15) is 5.56 Å². The van der Waals surface area contributed by atoms with Crippen LogP contribution < -0.4 is 4.90 Å². The van der Waals surface area contributed by atoms with Crippen molar-refractivity contribution in [2.75, 3.05) is 24.6 Å². The molecule has 64 valence electrons. The number of rotatable bonds is 2. The number of anilines is 1. The molecule has 12 heavy (non-hydrogen) atoms. The van der Waals surface area contributed by atoms with Gasteiger partial charge in [-0.25, -0.2) is 0 Å². The molecule has 0 bridgehead atoms. The van der Waals surface area contributed by atoms with Crippen LogP contribution in [0.5, 0.6) is 0 Å². The molecule has 0 aliphatic carbocycles. The van der Waals surface area contributed by atoms with Crippen LogP contribution in [0.15, 0.2) is 18.5 Å². The molecule has 0 amide bonds. The average Bonchev–Trinajstić information content (AvgIpc) is 2.50. The highest BCUT2D eigenvalue weighted by Gasteiger charge is 2.17. The van der Waals surface area contributed by atoms with Gasteiger partial charge in [0.25, 0.3) is 0 Å². The van der Waals surface area contributed by atoms with Crippen LogP contribution in [0.4, 0.5) is 5.69 Å². The Balaban J connectivity index is 2.24. The molecule has 2 heterocycles. The Morgan fingerprint density at radius 1 is 1.58 bits per heavy atom. The molecule has 0 saturated carbocycles. The fourth-order valence-corrected chi connectivity index (χ4v) is 1.65. The molecule has 0 aromatic carbocycles. The Kier molecular flexibility index (Phi) is 1.96. The zero-order valence-electron chi connectivity index (χ0n) is 6.90. The summed E-state index contributed by atoms with van der Waals surface area (Å²) in [5.41, 5.74) is 2.53.